The summed E-state index contributed by atoms with van der Waals surface area (Å²) in [5.41, 5.74) is 0. The lowest BCUT2D eigenvalue weighted by Crippen LogP contribution is -2.66. The summed E-state index contributed by atoms with van der Waals surface area (Å²) in [5, 5.41) is 2.56. The zero-order valence-corrected chi connectivity index (χ0v) is 22.2. The summed E-state index contributed by atoms with van der Waals surface area (Å²) in [5.74, 6) is 0.454. The van der Waals surface area contributed by atoms with Gasteiger partial charge in [0.15, 0.2) is 0 Å². The van der Waals surface area contributed by atoms with Crippen LogP contribution in [0, 0.1) is 0 Å². The molecule has 0 aliphatic carbocycles. The summed E-state index contributed by atoms with van der Waals surface area (Å²) in [6.07, 6.45) is 7.80. The molecule has 1 aliphatic heterocycles. The van der Waals surface area contributed by atoms with Crippen LogP contribution in [0.15, 0.2) is 72.5 Å². The number of allylic oxidation sites excluding steroid dienone is 1. The zero-order valence-electron chi connectivity index (χ0n) is 21.2. The molecule has 0 saturated carbocycles. The van der Waals surface area contributed by atoms with Crippen molar-refractivity contribution in [2.45, 2.75) is 77.4 Å². The predicted octanol–water partition coefficient (Wildman–Crippen LogP) is 5.75. The van der Waals surface area contributed by atoms with Gasteiger partial charge in [0.05, 0.1) is 6.10 Å². The van der Waals surface area contributed by atoms with Crippen LogP contribution in [-0.2, 0) is 18.7 Å². The van der Waals surface area contributed by atoms with Gasteiger partial charge in [0.2, 0.25) is 0 Å². The number of carbonyl (C=O) groups excluding carboxylic acids is 1. The molecule has 0 radical (unpaired) electrons. The molecule has 3 rings (SSSR count). The van der Waals surface area contributed by atoms with Crippen LogP contribution in [0.25, 0.3) is 0 Å². The highest BCUT2D eigenvalue weighted by Crippen LogP contribution is 2.36. The third kappa shape index (κ3) is 6.91. The molecule has 5 heteroatoms. The van der Waals surface area contributed by atoms with Crippen molar-refractivity contribution in [1.82, 2.24) is 0 Å². The highest BCUT2D eigenvalue weighted by molar-refractivity contribution is 6.99. The largest absolute Gasteiger partial charge is 0.432 e. The van der Waals surface area contributed by atoms with Crippen molar-refractivity contribution in [2.75, 3.05) is 13.2 Å². The molecule has 1 aliphatic rings. The Hall–Kier alpha value is -2.21. The second-order valence-electron chi connectivity index (χ2n) is 10.1. The number of esters is 1. The minimum Gasteiger partial charge on any atom is -0.432 e. The van der Waals surface area contributed by atoms with E-state index < -0.39 is 8.32 Å². The SMILES string of the molecule is CC(=O)O/C(=C\C1CCCCO1)CCCCO[Si](c1ccccc1)(c1ccccc1)C(C)(C)C. The van der Waals surface area contributed by atoms with E-state index in [2.05, 4.69) is 81.4 Å². The first-order valence-corrected chi connectivity index (χ1v) is 14.5. The third-order valence-corrected chi connectivity index (χ3v) is 11.5. The molecule has 0 amide bonds. The van der Waals surface area contributed by atoms with Gasteiger partial charge in [-0.3, -0.25) is 4.79 Å². The Morgan fingerprint density at radius 1 is 1.00 bits per heavy atom. The number of benzene rings is 2. The molecule has 0 bridgehead atoms. The number of carbonyl (C=O) groups is 1. The Kier molecular flexibility index (Phi) is 9.69. The zero-order chi connectivity index (χ0) is 24.4. The normalized spacial score (nSPS) is 17.4. The lowest BCUT2D eigenvalue weighted by atomic mass is 10.1. The van der Waals surface area contributed by atoms with E-state index in [9.17, 15) is 4.79 Å². The third-order valence-electron chi connectivity index (χ3n) is 6.41. The van der Waals surface area contributed by atoms with Gasteiger partial charge < -0.3 is 13.9 Å². The van der Waals surface area contributed by atoms with E-state index in [1.54, 1.807) is 0 Å². The fourth-order valence-electron chi connectivity index (χ4n) is 4.85. The quantitative estimate of drug-likeness (QED) is 0.188. The van der Waals surface area contributed by atoms with E-state index in [1.165, 1.54) is 17.3 Å². The molecule has 1 atom stereocenters. The molecule has 0 aromatic heterocycles. The Labute approximate surface area is 206 Å². The standard InChI is InChI=1S/C29H40O4Si/c1-24(30)33-26(23-25-15-11-13-21-31-25)16-12-14-22-32-34(29(2,3)4,27-17-7-5-8-18-27)28-19-9-6-10-20-28/h5-10,17-20,23,25H,11-16,21-22H2,1-4H3/b26-23-. The lowest BCUT2D eigenvalue weighted by Gasteiger charge is -2.43. The molecular formula is C29H40O4Si. The van der Waals surface area contributed by atoms with Gasteiger partial charge in [0, 0.05) is 26.6 Å². The van der Waals surface area contributed by atoms with Crippen LogP contribution in [0.1, 0.15) is 66.2 Å². The molecule has 184 valence electrons. The first-order valence-electron chi connectivity index (χ1n) is 12.6. The Bertz CT molecular complexity index is 873. The van der Waals surface area contributed by atoms with Gasteiger partial charge in [-0.2, -0.15) is 0 Å². The van der Waals surface area contributed by atoms with Crippen molar-refractivity contribution < 1.29 is 18.7 Å². The first kappa shape index (κ1) is 26.4. The average Bonchev–Trinajstić information content (AvgIpc) is 2.82. The molecule has 0 spiro atoms. The summed E-state index contributed by atoms with van der Waals surface area (Å²) < 4.78 is 18.3. The van der Waals surface area contributed by atoms with E-state index in [-0.39, 0.29) is 17.1 Å². The van der Waals surface area contributed by atoms with Crippen LogP contribution in [0.2, 0.25) is 5.04 Å². The number of hydrogen-bond donors (Lipinski definition) is 0. The second kappa shape index (κ2) is 12.5. The predicted molar refractivity (Wildman–Crippen MR) is 141 cm³/mol. The molecule has 1 fully saturated rings. The fraction of sp³-hybridized carbons (Fsp3) is 0.483. The second-order valence-corrected chi connectivity index (χ2v) is 14.4. The van der Waals surface area contributed by atoms with Crippen molar-refractivity contribution in [1.29, 1.82) is 0 Å². The van der Waals surface area contributed by atoms with E-state index in [0.717, 1.165) is 44.5 Å². The molecule has 1 saturated heterocycles. The summed E-state index contributed by atoms with van der Waals surface area (Å²) in [7, 11) is -2.51. The topological polar surface area (TPSA) is 44.8 Å². The molecule has 2 aromatic rings. The maximum atomic E-state index is 11.6. The van der Waals surface area contributed by atoms with Crippen molar-refractivity contribution in [3.05, 3.63) is 72.5 Å². The molecule has 0 N–H and O–H groups in total. The first-order chi connectivity index (χ1) is 16.3. The van der Waals surface area contributed by atoms with E-state index in [0.29, 0.717) is 13.0 Å². The van der Waals surface area contributed by atoms with Crippen molar-refractivity contribution >= 4 is 24.7 Å². The van der Waals surface area contributed by atoms with E-state index in [4.69, 9.17) is 13.9 Å². The molecule has 34 heavy (non-hydrogen) atoms. The molecule has 4 nitrogen and oxygen atoms in total. The van der Waals surface area contributed by atoms with Crippen molar-refractivity contribution in [3.8, 4) is 0 Å². The van der Waals surface area contributed by atoms with Crippen LogP contribution in [0.5, 0.6) is 0 Å². The van der Waals surface area contributed by atoms with Crippen LogP contribution in [0.3, 0.4) is 0 Å². The minimum absolute atomic E-state index is 0.0309. The van der Waals surface area contributed by atoms with Crippen LogP contribution in [-0.4, -0.2) is 33.6 Å². The molecular weight excluding hydrogens is 440 g/mol. The van der Waals surface area contributed by atoms with Gasteiger partial charge in [0.25, 0.3) is 8.32 Å². The highest BCUT2D eigenvalue weighted by atomic mass is 28.4. The van der Waals surface area contributed by atoms with Gasteiger partial charge in [0.1, 0.15) is 5.76 Å². The maximum Gasteiger partial charge on any atom is 0.307 e. The Morgan fingerprint density at radius 3 is 2.12 bits per heavy atom. The van der Waals surface area contributed by atoms with E-state index >= 15 is 0 Å². The summed E-state index contributed by atoms with van der Waals surface area (Å²) >= 11 is 0. The Balaban J connectivity index is 1.71. The lowest BCUT2D eigenvalue weighted by molar-refractivity contribution is -0.137. The number of ether oxygens (including phenoxy) is 2. The van der Waals surface area contributed by atoms with E-state index in [1.807, 2.05) is 6.08 Å². The number of unbranched alkanes of at least 4 members (excludes halogenated alkanes) is 1. The van der Waals surface area contributed by atoms with Crippen LogP contribution < -0.4 is 10.4 Å². The Morgan fingerprint density at radius 2 is 1.62 bits per heavy atom. The average molecular weight is 481 g/mol. The van der Waals surface area contributed by atoms with Crippen molar-refractivity contribution in [2.24, 2.45) is 0 Å². The van der Waals surface area contributed by atoms with Crippen LogP contribution in [0.4, 0.5) is 0 Å². The fourth-order valence-corrected chi connectivity index (χ4v) is 9.45. The molecule has 2 aromatic carbocycles. The molecule has 1 heterocycles. The monoisotopic (exact) mass is 480 g/mol. The van der Waals surface area contributed by atoms with Gasteiger partial charge in [-0.25, -0.2) is 0 Å². The van der Waals surface area contributed by atoms with Gasteiger partial charge in [-0.15, -0.1) is 0 Å². The van der Waals surface area contributed by atoms with Gasteiger partial charge >= 0.3 is 5.97 Å². The van der Waals surface area contributed by atoms with Gasteiger partial charge in [-0.05, 0) is 53.6 Å². The number of rotatable bonds is 10. The van der Waals surface area contributed by atoms with Gasteiger partial charge in [-0.1, -0.05) is 81.4 Å². The summed E-state index contributed by atoms with van der Waals surface area (Å²) in [6, 6.07) is 21.4. The summed E-state index contributed by atoms with van der Waals surface area (Å²) in [4.78, 5) is 11.6. The smallest absolute Gasteiger partial charge is 0.307 e. The van der Waals surface area contributed by atoms with Crippen molar-refractivity contribution in [3.63, 3.8) is 0 Å². The maximum absolute atomic E-state index is 11.6. The highest BCUT2D eigenvalue weighted by Gasteiger charge is 2.49. The van der Waals surface area contributed by atoms with Crippen LogP contribution >= 0.6 is 0 Å². The summed E-state index contributed by atoms with van der Waals surface area (Å²) in [6.45, 7) is 9.80. The minimum atomic E-state index is -2.51. The number of hydrogen-bond acceptors (Lipinski definition) is 4. The molecule has 1 unspecified atom stereocenters.